The fourth-order valence-electron chi connectivity index (χ4n) is 1.25. The zero-order chi connectivity index (χ0) is 10.9. The van der Waals surface area contributed by atoms with Crippen molar-refractivity contribution in [3.8, 4) is 0 Å². The molecule has 0 unspecified atom stereocenters. The minimum atomic E-state index is -1.05. The largest absolute Gasteiger partial charge is 0.476 e. The van der Waals surface area contributed by atoms with E-state index in [2.05, 4.69) is 22.2 Å². The molecule has 15 heavy (non-hydrogen) atoms. The van der Waals surface area contributed by atoms with Gasteiger partial charge in [0.15, 0.2) is 5.69 Å². The first kappa shape index (κ1) is 9.89. The SMILES string of the molecule is CC1(CNc2cncc(C(=O)O)n2)CC1. The number of aromatic carboxylic acids is 1. The van der Waals surface area contributed by atoms with Crippen molar-refractivity contribution in [3.63, 3.8) is 0 Å². The highest BCUT2D eigenvalue weighted by molar-refractivity contribution is 5.85. The maximum Gasteiger partial charge on any atom is 0.356 e. The van der Waals surface area contributed by atoms with Gasteiger partial charge in [-0.05, 0) is 18.3 Å². The van der Waals surface area contributed by atoms with E-state index in [0.717, 1.165) is 6.54 Å². The number of anilines is 1. The molecule has 1 heterocycles. The predicted molar refractivity (Wildman–Crippen MR) is 54.8 cm³/mol. The number of hydrogen-bond donors (Lipinski definition) is 2. The van der Waals surface area contributed by atoms with Crippen LogP contribution >= 0.6 is 0 Å². The van der Waals surface area contributed by atoms with Crippen LogP contribution in [0.2, 0.25) is 0 Å². The van der Waals surface area contributed by atoms with Gasteiger partial charge >= 0.3 is 5.97 Å². The van der Waals surface area contributed by atoms with Gasteiger partial charge in [-0.15, -0.1) is 0 Å². The average Bonchev–Trinajstić information content (AvgIpc) is 2.95. The Kier molecular flexibility index (Phi) is 2.30. The summed E-state index contributed by atoms with van der Waals surface area (Å²) in [6, 6.07) is 0. The summed E-state index contributed by atoms with van der Waals surface area (Å²) in [5, 5.41) is 11.8. The smallest absolute Gasteiger partial charge is 0.356 e. The minimum Gasteiger partial charge on any atom is -0.476 e. The lowest BCUT2D eigenvalue weighted by molar-refractivity contribution is 0.0690. The lowest BCUT2D eigenvalue weighted by Crippen LogP contribution is -2.14. The third-order valence-corrected chi connectivity index (χ3v) is 2.65. The minimum absolute atomic E-state index is 0.0269. The molecule has 2 rings (SSSR count). The third kappa shape index (κ3) is 2.43. The molecule has 5 nitrogen and oxygen atoms in total. The molecular formula is C10H13N3O2. The van der Waals surface area contributed by atoms with E-state index in [1.165, 1.54) is 25.2 Å². The average molecular weight is 207 g/mol. The summed E-state index contributed by atoms with van der Waals surface area (Å²) in [6.07, 6.45) is 5.21. The van der Waals surface area contributed by atoms with Crippen molar-refractivity contribution in [2.45, 2.75) is 19.8 Å². The van der Waals surface area contributed by atoms with E-state index in [4.69, 9.17) is 5.11 Å². The van der Waals surface area contributed by atoms with Gasteiger partial charge in [0, 0.05) is 6.54 Å². The molecule has 0 aromatic carbocycles. The number of hydrogen-bond acceptors (Lipinski definition) is 4. The van der Waals surface area contributed by atoms with Crippen LogP contribution < -0.4 is 5.32 Å². The topological polar surface area (TPSA) is 75.1 Å². The molecular weight excluding hydrogens is 194 g/mol. The van der Waals surface area contributed by atoms with Gasteiger partial charge in [0.05, 0.1) is 12.4 Å². The third-order valence-electron chi connectivity index (χ3n) is 2.65. The Balaban J connectivity index is 2.01. The van der Waals surface area contributed by atoms with Crippen LogP contribution in [0.25, 0.3) is 0 Å². The quantitative estimate of drug-likeness (QED) is 0.780. The first-order valence-corrected chi connectivity index (χ1v) is 4.88. The van der Waals surface area contributed by atoms with Crippen molar-refractivity contribution in [2.24, 2.45) is 5.41 Å². The summed E-state index contributed by atoms with van der Waals surface area (Å²) < 4.78 is 0. The molecule has 0 radical (unpaired) electrons. The summed E-state index contributed by atoms with van der Waals surface area (Å²) in [6.45, 7) is 3.01. The second-order valence-corrected chi connectivity index (χ2v) is 4.26. The van der Waals surface area contributed by atoms with Crippen LogP contribution in [-0.4, -0.2) is 27.6 Å². The van der Waals surface area contributed by atoms with Crippen LogP contribution in [0.3, 0.4) is 0 Å². The number of nitrogens with one attached hydrogen (secondary N) is 1. The van der Waals surface area contributed by atoms with Crippen LogP contribution in [0.4, 0.5) is 5.82 Å². The highest BCUT2D eigenvalue weighted by Crippen LogP contribution is 2.44. The van der Waals surface area contributed by atoms with E-state index in [9.17, 15) is 4.79 Å². The van der Waals surface area contributed by atoms with E-state index < -0.39 is 5.97 Å². The zero-order valence-electron chi connectivity index (χ0n) is 8.53. The van der Waals surface area contributed by atoms with Crippen LogP contribution in [0.5, 0.6) is 0 Å². The molecule has 0 atom stereocenters. The fraction of sp³-hybridized carbons (Fsp3) is 0.500. The normalized spacial score (nSPS) is 17.1. The second-order valence-electron chi connectivity index (χ2n) is 4.26. The summed E-state index contributed by atoms with van der Waals surface area (Å²) in [5.41, 5.74) is 0.335. The molecule has 1 aromatic heterocycles. The van der Waals surface area contributed by atoms with Gasteiger partial charge in [-0.1, -0.05) is 6.92 Å². The Hall–Kier alpha value is -1.65. The molecule has 1 aliphatic carbocycles. The van der Waals surface area contributed by atoms with E-state index in [-0.39, 0.29) is 5.69 Å². The van der Waals surface area contributed by atoms with Gasteiger partial charge in [0.2, 0.25) is 0 Å². The predicted octanol–water partition coefficient (Wildman–Crippen LogP) is 1.39. The van der Waals surface area contributed by atoms with Crippen LogP contribution in [0.1, 0.15) is 30.3 Å². The van der Waals surface area contributed by atoms with Gasteiger partial charge in [0.1, 0.15) is 5.82 Å². The van der Waals surface area contributed by atoms with Crippen molar-refractivity contribution >= 4 is 11.8 Å². The van der Waals surface area contributed by atoms with Crippen molar-refractivity contribution < 1.29 is 9.90 Å². The Bertz CT molecular complexity index is 388. The molecule has 5 heteroatoms. The highest BCUT2D eigenvalue weighted by atomic mass is 16.4. The Morgan fingerprint density at radius 3 is 2.93 bits per heavy atom. The van der Waals surface area contributed by atoms with Crippen molar-refractivity contribution in [1.82, 2.24) is 9.97 Å². The van der Waals surface area contributed by atoms with Crippen molar-refractivity contribution in [2.75, 3.05) is 11.9 Å². The van der Waals surface area contributed by atoms with Crippen molar-refractivity contribution in [3.05, 3.63) is 18.1 Å². The molecule has 0 aliphatic heterocycles. The summed E-state index contributed by atoms with van der Waals surface area (Å²) in [7, 11) is 0. The fourth-order valence-corrected chi connectivity index (χ4v) is 1.25. The number of carbonyl (C=O) groups is 1. The monoisotopic (exact) mass is 207 g/mol. The molecule has 80 valence electrons. The zero-order valence-corrected chi connectivity index (χ0v) is 8.53. The van der Waals surface area contributed by atoms with E-state index >= 15 is 0 Å². The number of carboxylic acids is 1. The van der Waals surface area contributed by atoms with Crippen LogP contribution in [0.15, 0.2) is 12.4 Å². The number of aromatic nitrogens is 2. The Morgan fingerprint density at radius 1 is 1.60 bits per heavy atom. The standard InChI is InChI=1S/C10H13N3O2/c1-10(2-3-10)6-12-8-5-11-4-7(13-8)9(14)15/h4-5H,2-3,6H2,1H3,(H,12,13)(H,14,15). The molecule has 1 aliphatic rings. The van der Waals surface area contributed by atoms with Gasteiger partial charge in [-0.25, -0.2) is 9.78 Å². The molecule has 1 aromatic rings. The van der Waals surface area contributed by atoms with Gasteiger partial charge < -0.3 is 10.4 Å². The number of carboxylic acid groups (broad SMARTS) is 1. The van der Waals surface area contributed by atoms with Crippen molar-refractivity contribution in [1.29, 1.82) is 0 Å². The van der Waals surface area contributed by atoms with Crippen LogP contribution in [0, 0.1) is 5.41 Å². The molecule has 0 saturated heterocycles. The highest BCUT2D eigenvalue weighted by Gasteiger charge is 2.36. The Morgan fingerprint density at radius 2 is 2.33 bits per heavy atom. The van der Waals surface area contributed by atoms with E-state index in [1.807, 2.05) is 0 Å². The molecule has 0 spiro atoms. The molecule has 2 N–H and O–H groups in total. The molecule has 0 bridgehead atoms. The summed E-state index contributed by atoms with van der Waals surface area (Å²) in [4.78, 5) is 18.4. The summed E-state index contributed by atoms with van der Waals surface area (Å²) >= 11 is 0. The maximum atomic E-state index is 10.6. The molecule has 1 saturated carbocycles. The summed E-state index contributed by atoms with van der Waals surface area (Å²) in [5.74, 6) is -0.521. The maximum absolute atomic E-state index is 10.6. The lowest BCUT2D eigenvalue weighted by atomic mass is 10.1. The second kappa shape index (κ2) is 3.49. The van der Waals surface area contributed by atoms with Crippen LogP contribution in [-0.2, 0) is 0 Å². The molecule has 0 amide bonds. The first-order valence-electron chi connectivity index (χ1n) is 4.88. The lowest BCUT2D eigenvalue weighted by Gasteiger charge is -2.10. The van der Waals surface area contributed by atoms with E-state index in [1.54, 1.807) is 0 Å². The van der Waals surface area contributed by atoms with Gasteiger partial charge in [0.25, 0.3) is 0 Å². The van der Waals surface area contributed by atoms with E-state index in [0.29, 0.717) is 11.2 Å². The number of nitrogens with zero attached hydrogens (tertiary/aromatic N) is 2. The Labute approximate surface area is 87.6 Å². The number of rotatable bonds is 4. The first-order chi connectivity index (χ1) is 7.09. The molecule has 1 fully saturated rings. The van der Waals surface area contributed by atoms with Gasteiger partial charge in [-0.2, -0.15) is 0 Å². The van der Waals surface area contributed by atoms with Gasteiger partial charge in [-0.3, -0.25) is 4.98 Å².